The summed E-state index contributed by atoms with van der Waals surface area (Å²) in [6.45, 7) is 0. The molecule has 1 saturated heterocycles. The molecule has 25 heavy (non-hydrogen) atoms. The van der Waals surface area contributed by atoms with Gasteiger partial charge in [-0.3, -0.25) is 0 Å². The molecule has 1 fully saturated rings. The maximum atomic E-state index is 14.5. The van der Waals surface area contributed by atoms with Crippen molar-refractivity contribution in [3.05, 3.63) is 53.8 Å². The van der Waals surface area contributed by atoms with Gasteiger partial charge in [0.15, 0.2) is 0 Å². The van der Waals surface area contributed by atoms with Crippen LogP contribution in [0.3, 0.4) is 0 Å². The van der Waals surface area contributed by atoms with Gasteiger partial charge in [-0.25, -0.2) is 4.39 Å². The zero-order chi connectivity index (χ0) is 18.0. The minimum absolute atomic E-state index is 0.324. The molecule has 0 saturated carbocycles. The third-order valence-corrected chi connectivity index (χ3v) is 7.75. The fourth-order valence-corrected chi connectivity index (χ4v) is 5.81. The van der Waals surface area contributed by atoms with Crippen molar-refractivity contribution in [1.82, 2.24) is 0 Å². The lowest BCUT2D eigenvalue weighted by atomic mass is 9.91. The standard InChI is InChI=1S/C18H17ClF4OSi/c19-25-9-7-12(8-10-25)14-3-6-16(17(20)11-14)13-1-4-15(5-2-13)24-18(21,22)23/h1-6,11-12,25H,7-10H2. The summed E-state index contributed by atoms with van der Waals surface area (Å²) in [5.41, 5.74) is 1.84. The fourth-order valence-electron chi connectivity index (χ4n) is 3.24. The van der Waals surface area contributed by atoms with Crippen molar-refractivity contribution >= 4 is 19.2 Å². The predicted molar refractivity (Wildman–Crippen MR) is 93.1 cm³/mol. The molecule has 1 nitrogen and oxygen atoms in total. The van der Waals surface area contributed by atoms with Gasteiger partial charge in [-0.05, 0) is 60.2 Å². The van der Waals surface area contributed by atoms with E-state index in [0.29, 0.717) is 17.0 Å². The molecule has 1 aliphatic heterocycles. The van der Waals surface area contributed by atoms with Gasteiger partial charge in [-0.15, -0.1) is 13.2 Å². The maximum absolute atomic E-state index is 14.5. The van der Waals surface area contributed by atoms with Crippen LogP contribution >= 0.6 is 11.1 Å². The second-order valence-electron chi connectivity index (χ2n) is 6.26. The first-order valence-corrected chi connectivity index (χ1v) is 11.5. The molecule has 0 bridgehead atoms. The van der Waals surface area contributed by atoms with E-state index in [1.807, 2.05) is 6.07 Å². The molecule has 0 amide bonds. The molecule has 7 heteroatoms. The van der Waals surface area contributed by atoms with Crippen LogP contribution in [0.5, 0.6) is 5.75 Å². The van der Waals surface area contributed by atoms with Gasteiger partial charge >= 0.3 is 6.36 Å². The minimum atomic E-state index is -4.74. The molecule has 0 aliphatic carbocycles. The average molecular weight is 389 g/mol. The highest BCUT2D eigenvalue weighted by Crippen LogP contribution is 2.36. The molecule has 3 rings (SSSR count). The number of rotatable bonds is 3. The molecule has 0 radical (unpaired) electrons. The highest BCUT2D eigenvalue weighted by molar-refractivity contribution is 7.07. The number of halogens is 5. The minimum Gasteiger partial charge on any atom is -0.406 e. The summed E-state index contributed by atoms with van der Waals surface area (Å²) in [5.74, 6) is -0.351. The molecule has 0 atom stereocenters. The molecule has 0 unspecified atom stereocenters. The van der Waals surface area contributed by atoms with Crippen molar-refractivity contribution in [2.24, 2.45) is 0 Å². The quantitative estimate of drug-likeness (QED) is 0.344. The highest BCUT2D eigenvalue weighted by Gasteiger charge is 2.31. The largest absolute Gasteiger partial charge is 0.573 e. The van der Waals surface area contributed by atoms with Gasteiger partial charge in [0.25, 0.3) is 0 Å². The van der Waals surface area contributed by atoms with E-state index < -0.39 is 14.5 Å². The Morgan fingerprint density at radius 3 is 2.20 bits per heavy atom. The summed E-state index contributed by atoms with van der Waals surface area (Å²) in [7, 11) is -1.06. The lowest BCUT2D eigenvalue weighted by Gasteiger charge is -2.24. The van der Waals surface area contributed by atoms with Crippen molar-refractivity contribution in [2.75, 3.05) is 0 Å². The Morgan fingerprint density at radius 2 is 1.64 bits per heavy atom. The van der Waals surface area contributed by atoms with Gasteiger partial charge in [0.05, 0.1) is 0 Å². The SMILES string of the molecule is Fc1cc(C2CC[SiH](Cl)CC2)ccc1-c1ccc(OC(F)(F)F)cc1. The topological polar surface area (TPSA) is 9.23 Å². The van der Waals surface area contributed by atoms with Crippen LogP contribution in [0.2, 0.25) is 12.1 Å². The second kappa shape index (κ2) is 7.38. The van der Waals surface area contributed by atoms with E-state index in [4.69, 9.17) is 11.1 Å². The van der Waals surface area contributed by atoms with Gasteiger partial charge < -0.3 is 4.74 Å². The van der Waals surface area contributed by atoms with Gasteiger partial charge in [0.1, 0.15) is 19.7 Å². The van der Waals surface area contributed by atoms with E-state index in [-0.39, 0.29) is 11.6 Å². The van der Waals surface area contributed by atoms with E-state index in [2.05, 4.69) is 4.74 Å². The number of ether oxygens (including phenoxy) is 1. The van der Waals surface area contributed by atoms with Crippen LogP contribution in [0.4, 0.5) is 17.6 Å². The summed E-state index contributed by atoms with van der Waals surface area (Å²) in [6.07, 6.45) is -2.73. The van der Waals surface area contributed by atoms with Crippen molar-refractivity contribution in [1.29, 1.82) is 0 Å². The third kappa shape index (κ3) is 4.76. The molecule has 134 valence electrons. The average Bonchev–Trinajstić information content (AvgIpc) is 2.55. The second-order valence-corrected chi connectivity index (χ2v) is 10.5. The van der Waals surface area contributed by atoms with Crippen LogP contribution in [0.1, 0.15) is 24.3 Å². The molecule has 2 aromatic rings. The molecule has 0 aromatic heterocycles. The fraction of sp³-hybridized carbons (Fsp3) is 0.333. The zero-order valence-electron chi connectivity index (χ0n) is 13.3. The Morgan fingerprint density at radius 1 is 1.00 bits per heavy atom. The Hall–Kier alpha value is -1.53. The molecule has 2 aromatic carbocycles. The van der Waals surface area contributed by atoms with Crippen LogP contribution in [0, 0.1) is 5.82 Å². The molecule has 0 N–H and O–H groups in total. The van der Waals surface area contributed by atoms with Gasteiger partial charge in [0, 0.05) is 5.56 Å². The predicted octanol–water partition coefficient (Wildman–Crippen LogP) is 6.23. The number of hydrogen-bond donors (Lipinski definition) is 0. The Kier molecular flexibility index (Phi) is 5.39. The normalized spacial score (nSPS) is 21.2. The summed E-state index contributed by atoms with van der Waals surface area (Å²) < 4.78 is 54.9. The first-order chi connectivity index (χ1) is 11.8. The Bertz CT molecular complexity index is 725. The summed E-state index contributed by atoms with van der Waals surface area (Å²) >= 11 is 6.24. The highest BCUT2D eigenvalue weighted by atomic mass is 35.6. The third-order valence-electron chi connectivity index (χ3n) is 4.52. The van der Waals surface area contributed by atoms with Gasteiger partial charge in [-0.1, -0.05) is 24.3 Å². The van der Waals surface area contributed by atoms with Crippen LogP contribution in [-0.4, -0.2) is 14.5 Å². The van der Waals surface area contributed by atoms with E-state index in [9.17, 15) is 17.6 Å². The number of hydrogen-bond acceptors (Lipinski definition) is 1. The van der Waals surface area contributed by atoms with Crippen LogP contribution < -0.4 is 4.74 Å². The number of benzene rings is 2. The summed E-state index contributed by atoms with van der Waals surface area (Å²) in [4.78, 5) is 0. The number of alkyl halides is 3. The lowest BCUT2D eigenvalue weighted by molar-refractivity contribution is -0.274. The Balaban J connectivity index is 1.77. The van der Waals surface area contributed by atoms with Crippen LogP contribution in [0.25, 0.3) is 11.1 Å². The monoisotopic (exact) mass is 388 g/mol. The molecular formula is C18H17ClF4OSi. The van der Waals surface area contributed by atoms with E-state index in [0.717, 1.165) is 30.5 Å². The smallest absolute Gasteiger partial charge is 0.406 e. The summed E-state index contributed by atoms with van der Waals surface area (Å²) in [5, 5.41) is 0. The van der Waals surface area contributed by atoms with Crippen molar-refractivity contribution in [3.8, 4) is 16.9 Å². The maximum Gasteiger partial charge on any atom is 0.573 e. The van der Waals surface area contributed by atoms with E-state index in [1.165, 1.54) is 30.3 Å². The van der Waals surface area contributed by atoms with E-state index in [1.54, 1.807) is 6.07 Å². The van der Waals surface area contributed by atoms with Crippen molar-refractivity contribution in [3.63, 3.8) is 0 Å². The molecule has 1 heterocycles. The molecule has 0 spiro atoms. The molecular weight excluding hydrogens is 372 g/mol. The summed E-state index contributed by atoms with van der Waals surface area (Å²) in [6, 6.07) is 12.5. The first kappa shape index (κ1) is 18.3. The van der Waals surface area contributed by atoms with Gasteiger partial charge in [0.2, 0.25) is 0 Å². The zero-order valence-corrected chi connectivity index (χ0v) is 15.2. The van der Waals surface area contributed by atoms with Crippen molar-refractivity contribution in [2.45, 2.75) is 37.2 Å². The van der Waals surface area contributed by atoms with Crippen LogP contribution in [0.15, 0.2) is 42.5 Å². The van der Waals surface area contributed by atoms with Gasteiger partial charge in [-0.2, -0.15) is 11.1 Å². The van der Waals surface area contributed by atoms with E-state index >= 15 is 0 Å². The lowest BCUT2D eigenvalue weighted by Crippen LogP contribution is -2.16. The molecule has 1 aliphatic rings. The first-order valence-electron chi connectivity index (χ1n) is 8.11. The van der Waals surface area contributed by atoms with Crippen LogP contribution in [-0.2, 0) is 0 Å². The van der Waals surface area contributed by atoms with Crippen molar-refractivity contribution < 1.29 is 22.3 Å². The Labute approximate surface area is 149 Å².